The van der Waals surface area contributed by atoms with Crippen LogP contribution in [0, 0.1) is 5.92 Å². The lowest BCUT2D eigenvalue weighted by Gasteiger charge is -2.45. The fourth-order valence-electron chi connectivity index (χ4n) is 2.90. The lowest BCUT2D eigenvalue weighted by atomic mass is 9.80. The fraction of sp³-hybridized carbons (Fsp3) is 0.692. The van der Waals surface area contributed by atoms with E-state index in [2.05, 4.69) is 56.1 Å². The predicted molar refractivity (Wildman–Crippen MR) is 64.9 cm³/mol. The molecule has 0 saturated carbocycles. The van der Waals surface area contributed by atoms with Crippen molar-refractivity contribution in [3.63, 3.8) is 0 Å². The van der Waals surface area contributed by atoms with Gasteiger partial charge in [-0.15, -0.1) is 0 Å². The van der Waals surface area contributed by atoms with Gasteiger partial charge in [0, 0.05) is 18.0 Å². The van der Waals surface area contributed by atoms with Crippen LogP contribution in [0.2, 0.25) is 0 Å². The summed E-state index contributed by atoms with van der Waals surface area (Å²) < 4.78 is 0. The van der Waals surface area contributed by atoms with Crippen LogP contribution in [0.15, 0.2) is 23.8 Å². The number of likely N-dealkylation sites (tertiary alicyclic amines) is 1. The summed E-state index contributed by atoms with van der Waals surface area (Å²) in [6, 6.07) is 1.31. The number of fused-ring (bicyclic) bond motifs is 1. The molecule has 1 saturated heterocycles. The smallest absolute Gasteiger partial charge is 0.0356 e. The number of rotatable bonds is 1. The van der Waals surface area contributed by atoms with Crippen LogP contribution in [0.3, 0.4) is 0 Å². The Morgan fingerprint density at radius 3 is 2.80 bits per heavy atom. The minimum absolute atomic E-state index is 0.606. The van der Waals surface area contributed by atoms with E-state index in [0.717, 1.165) is 0 Å². The van der Waals surface area contributed by atoms with Gasteiger partial charge in [0.1, 0.15) is 0 Å². The summed E-state index contributed by atoms with van der Waals surface area (Å²) in [5.74, 6) is 0.670. The minimum atomic E-state index is 0.606. The maximum Gasteiger partial charge on any atom is 0.0356 e. The molecule has 2 heteroatoms. The number of allylic oxidation sites excluding steroid dienone is 2. The average Bonchev–Trinajstić information content (AvgIpc) is 2.17. The standard InChI is InChI=1S/C13H22N2/c1-10-5-6-13-11(9-10)12(14(2)3)7-8-15(13)4/h5-6,9,11-13H,7-8H2,1-4H3. The van der Waals surface area contributed by atoms with Crippen LogP contribution < -0.4 is 0 Å². The third kappa shape index (κ3) is 2.01. The summed E-state index contributed by atoms with van der Waals surface area (Å²) in [6.45, 7) is 3.41. The highest BCUT2D eigenvalue weighted by atomic mass is 15.2. The summed E-state index contributed by atoms with van der Waals surface area (Å²) in [4.78, 5) is 4.86. The van der Waals surface area contributed by atoms with Crippen LogP contribution in [0.5, 0.6) is 0 Å². The third-order valence-electron chi connectivity index (χ3n) is 3.80. The molecular weight excluding hydrogens is 184 g/mol. The second kappa shape index (κ2) is 4.11. The molecule has 3 atom stereocenters. The SMILES string of the molecule is CC1=CC2C(N(C)C)CCN(C)C2C=C1. The van der Waals surface area contributed by atoms with Gasteiger partial charge in [0.2, 0.25) is 0 Å². The second-order valence-electron chi connectivity index (χ2n) is 5.14. The predicted octanol–water partition coefficient (Wildman–Crippen LogP) is 1.75. The molecule has 1 heterocycles. The molecule has 0 aromatic rings. The molecule has 0 bridgehead atoms. The van der Waals surface area contributed by atoms with E-state index < -0.39 is 0 Å². The molecule has 84 valence electrons. The number of likely N-dealkylation sites (N-methyl/N-ethyl adjacent to an activating group) is 1. The molecular formula is C13H22N2. The van der Waals surface area contributed by atoms with Gasteiger partial charge < -0.3 is 4.90 Å². The molecule has 1 aliphatic carbocycles. The van der Waals surface area contributed by atoms with E-state index in [0.29, 0.717) is 18.0 Å². The highest BCUT2D eigenvalue weighted by molar-refractivity contribution is 5.27. The van der Waals surface area contributed by atoms with Gasteiger partial charge in [0.05, 0.1) is 0 Å². The average molecular weight is 206 g/mol. The molecule has 1 fully saturated rings. The van der Waals surface area contributed by atoms with Gasteiger partial charge in [-0.2, -0.15) is 0 Å². The first-order valence-corrected chi connectivity index (χ1v) is 5.83. The van der Waals surface area contributed by atoms with Crippen molar-refractivity contribution in [1.29, 1.82) is 0 Å². The molecule has 2 rings (SSSR count). The van der Waals surface area contributed by atoms with Gasteiger partial charge in [-0.05, 0) is 41.0 Å². The van der Waals surface area contributed by atoms with Crippen molar-refractivity contribution < 1.29 is 0 Å². The van der Waals surface area contributed by atoms with Gasteiger partial charge in [-0.3, -0.25) is 4.90 Å². The quantitative estimate of drug-likeness (QED) is 0.645. The number of hydrogen-bond donors (Lipinski definition) is 0. The van der Waals surface area contributed by atoms with Crippen molar-refractivity contribution in [1.82, 2.24) is 9.80 Å². The summed E-state index contributed by atoms with van der Waals surface area (Å²) in [5.41, 5.74) is 1.42. The highest BCUT2D eigenvalue weighted by Crippen LogP contribution is 2.31. The first kappa shape index (κ1) is 10.9. The van der Waals surface area contributed by atoms with E-state index in [1.165, 1.54) is 18.5 Å². The zero-order chi connectivity index (χ0) is 11.0. The van der Waals surface area contributed by atoms with Gasteiger partial charge in [-0.1, -0.05) is 23.8 Å². The molecule has 0 spiro atoms. The zero-order valence-electron chi connectivity index (χ0n) is 10.3. The monoisotopic (exact) mass is 206 g/mol. The summed E-state index contributed by atoms with van der Waals surface area (Å²) in [6.07, 6.45) is 8.36. The number of nitrogens with zero attached hydrogens (tertiary/aromatic N) is 2. The van der Waals surface area contributed by atoms with Crippen LogP contribution in [0.25, 0.3) is 0 Å². The Hall–Kier alpha value is -0.600. The van der Waals surface area contributed by atoms with Crippen LogP contribution in [-0.2, 0) is 0 Å². The van der Waals surface area contributed by atoms with Crippen molar-refractivity contribution in [2.45, 2.75) is 25.4 Å². The van der Waals surface area contributed by atoms with E-state index in [1.54, 1.807) is 0 Å². The molecule has 3 unspecified atom stereocenters. The van der Waals surface area contributed by atoms with Crippen molar-refractivity contribution in [3.8, 4) is 0 Å². The molecule has 2 aliphatic rings. The second-order valence-corrected chi connectivity index (χ2v) is 5.14. The molecule has 0 radical (unpaired) electrons. The Balaban J connectivity index is 2.23. The van der Waals surface area contributed by atoms with Crippen molar-refractivity contribution in [3.05, 3.63) is 23.8 Å². The Morgan fingerprint density at radius 1 is 1.40 bits per heavy atom. The van der Waals surface area contributed by atoms with Gasteiger partial charge in [0.25, 0.3) is 0 Å². The lowest BCUT2D eigenvalue weighted by molar-refractivity contribution is 0.0898. The summed E-state index contributed by atoms with van der Waals surface area (Å²) >= 11 is 0. The fourth-order valence-corrected chi connectivity index (χ4v) is 2.90. The van der Waals surface area contributed by atoms with Gasteiger partial charge >= 0.3 is 0 Å². The zero-order valence-corrected chi connectivity index (χ0v) is 10.3. The maximum atomic E-state index is 2.48. The van der Waals surface area contributed by atoms with Gasteiger partial charge in [-0.25, -0.2) is 0 Å². The van der Waals surface area contributed by atoms with E-state index in [-0.39, 0.29) is 0 Å². The van der Waals surface area contributed by atoms with Crippen molar-refractivity contribution in [2.24, 2.45) is 5.92 Å². The first-order valence-electron chi connectivity index (χ1n) is 5.83. The van der Waals surface area contributed by atoms with Crippen LogP contribution >= 0.6 is 0 Å². The largest absolute Gasteiger partial charge is 0.306 e. The Bertz CT molecular complexity index is 291. The minimum Gasteiger partial charge on any atom is -0.306 e. The van der Waals surface area contributed by atoms with Crippen molar-refractivity contribution >= 4 is 0 Å². The molecule has 15 heavy (non-hydrogen) atoms. The number of hydrogen-bond acceptors (Lipinski definition) is 2. The van der Waals surface area contributed by atoms with E-state index in [9.17, 15) is 0 Å². The maximum absolute atomic E-state index is 2.48. The molecule has 0 aromatic heterocycles. The van der Waals surface area contributed by atoms with E-state index >= 15 is 0 Å². The summed E-state index contributed by atoms with van der Waals surface area (Å²) in [5, 5.41) is 0. The van der Waals surface area contributed by atoms with Crippen LogP contribution in [-0.4, -0.2) is 49.6 Å². The van der Waals surface area contributed by atoms with Crippen LogP contribution in [0.4, 0.5) is 0 Å². The molecule has 0 aromatic carbocycles. The molecule has 1 aliphatic heterocycles. The third-order valence-corrected chi connectivity index (χ3v) is 3.80. The Morgan fingerprint density at radius 2 is 2.13 bits per heavy atom. The Kier molecular flexibility index (Phi) is 2.98. The van der Waals surface area contributed by atoms with Crippen LogP contribution in [0.1, 0.15) is 13.3 Å². The van der Waals surface area contributed by atoms with E-state index in [1.807, 2.05) is 0 Å². The lowest BCUT2D eigenvalue weighted by Crippen LogP contribution is -2.53. The molecule has 0 amide bonds. The molecule has 2 nitrogen and oxygen atoms in total. The van der Waals surface area contributed by atoms with E-state index in [4.69, 9.17) is 0 Å². The highest BCUT2D eigenvalue weighted by Gasteiger charge is 2.35. The molecule has 0 N–H and O–H groups in total. The first-order chi connectivity index (χ1) is 7.09. The number of piperidine rings is 1. The summed E-state index contributed by atoms with van der Waals surface area (Å²) in [7, 11) is 6.64. The van der Waals surface area contributed by atoms with Gasteiger partial charge in [0.15, 0.2) is 0 Å². The van der Waals surface area contributed by atoms with Crippen molar-refractivity contribution in [2.75, 3.05) is 27.7 Å². The Labute approximate surface area is 93.2 Å². The topological polar surface area (TPSA) is 6.48 Å². The normalized spacial score (nSPS) is 36.6.